The van der Waals surface area contributed by atoms with Crippen molar-refractivity contribution in [3.63, 3.8) is 0 Å². The number of hydrogen-bond acceptors (Lipinski definition) is 4. The lowest BCUT2D eigenvalue weighted by molar-refractivity contribution is -0.115. The van der Waals surface area contributed by atoms with Crippen LogP contribution in [0.3, 0.4) is 0 Å². The number of thiocarbonyl (C=S) groups is 1. The summed E-state index contributed by atoms with van der Waals surface area (Å²) in [5.74, 6) is 0.397. The summed E-state index contributed by atoms with van der Waals surface area (Å²) in [5, 5.41) is 5.91. The second-order valence-corrected chi connectivity index (χ2v) is 6.15. The number of anilines is 2. The highest BCUT2D eigenvalue weighted by atomic mass is 32.1. The van der Waals surface area contributed by atoms with Crippen molar-refractivity contribution < 1.29 is 9.53 Å². The fraction of sp³-hybridized carbons (Fsp3) is 0.238. The zero-order valence-corrected chi connectivity index (χ0v) is 16.7. The summed E-state index contributed by atoms with van der Waals surface area (Å²) in [6.45, 7) is 6.16. The standard InChI is InChI=1S/C21H25N3O2S/c1-4-24(5-2)18-13-11-17(12-14-18)22-21(27)23-20(25)15-10-16-8-6-7-9-19(16)26-3/h6-15H,4-5H2,1-3H3,(H2,22,23,25,27). The SMILES string of the molecule is CCN(CC)c1ccc(NC(=S)NC(=O)C=Cc2ccccc2OC)cc1. The number of rotatable bonds is 7. The van der Waals surface area contributed by atoms with Crippen LogP contribution in [0.15, 0.2) is 54.6 Å². The van der Waals surface area contributed by atoms with Crippen molar-refractivity contribution >= 4 is 40.7 Å². The molecule has 0 aromatic heterocycles. The van der Waals surface area contributed by atoms with Crippen LogP contribution < -0.4 is 20.3 Å². The van der Waals surface area contributed by atoms with Crippen LogP contribution in [0.25, 0.3) is 6.08 Å². The van der Waals surface area contributed by atoms with E-state index in [1.165, 1.54) is 6.08 Å². The first kappa shape index (κ1) is 20.5. The van der Waals surface area contributed by atoms with E-state index in [0.717, 1.165) is 30.0 Å². The Kier molecular flexibility index (Phi) is 7.82. The van der Waals surface area contributed by atoms with Crippen molar-refractivity contribution in [1.29, 1.82) is 0 Å². The van der Waals surface area contributed by atoms with Crippen molar-refractivity contribution in [1.82, 2.24) is 5.32 Å². The fourth-order valence-corrected chi connectivity index (χ4v) is 2.85. The number of carbonyl (C=O) groups is 1. The average molecular weight is 384 g/mol. The number of carbonyl (C=O) groups excluding carboxylic acids is 1. The third kappa shape index (κ3) is 6.11. The van der Waals surface area contributed by atoms with Gasteiger partial charge in [0, 0.05) is 36.1 Å². The van der Waals surface area contributed by atoms with E-state index < -0.39 is 0 Å². The van der Waals surface area contributed by atoms with Crippen molar-refractivity contribution in [2.75, 3.05) is 30.4 Å². The largest absolute Gasteiger partial charge is 0.496 e. The Morgan fingerprint density at radius 3 is 2.41 bits per heavy atom. The highest BCUT2D eigenvalue weighted by molar-refractivity contribution is 7.80. The van der Waals surface area contributed by atoms with Crippen molar-refractivity contribution in [3.05, 3.63) is 60.2 Å². The maximum atomic E-state index is 12.1. The van der Waals surface area contributed by atoms with E-state index in [0.29, 0.717) is 5.75 Å². The monoisotopic (exact) mass is 383 g/mol. The topological polar surface area (TPSA) is 53.6 Å². The Morgan fingerprint density at radius 1 is 1.11 bits per heavy atom. The maximum absolute atomic E-state index is 12.1. The van der Waals surface area contributed by atoms with Gasteiger partial charge in [0.15, 0.2) is 5.11 Å². The van der Waals surface area contributed by atoms with E-state index >= 15 is 0 Å². The van der Waals surface area contributed by atoms with Crippen molar-refractivity contribution in [3.8, 4) is 5.75 Å². The van der Waals surface area contributed by atoms with Crippen LogP contribution in [-0.2, 0) is 4.79 Å². The fourth-order valence-electron chi connectivity index (χ4n) is 2.63. The predicted octanol–water partition coefficient (Wildman–Crippen LogP) is 4.07. The quantitative estimate of drug-likeness (QED) is 0.558. The lowest BCUT2D eigenvalue weighted by Gasteiger charge is -2.21. The van der Waals surface area contributed by atoms with Gasteiger partial charge < -0.3 is 15.0 Å². The number of nitrogens with one attached hydrogen (secondary N) is 2. The van der Waals surface area contributed by atoms with Crippen molar-refractivity contribution in [2.45, 2.75) is 13.8 Å². The van der Waals surface area contributed by atoms with Gasteiger partial charge in [0.25, 0.3) is 0 Å². The minimum atomic E-state index is -0.307. The van der Waals surface area contributed by atoms with E-state index in [-0.39, 0.29) is 11.0 Å². The van der Waals surface area contributed by atoms with Gasteiger partial charge in [0.05, 0.1) is 7.11 Å². The molecule has 0 saturated carbocycles. The van der Waals surface area contributed by atoms with Gasteiger partial charge >= 0.3 is 0 Å². The number of methoxy groups -OCH3 is 1. The summed E-state index contributed by atoms with van der Waals surface area (Å²) < 4.78 is 5.26. The molecule has 6 heteroatoms. The highest BCUT2D eigenvalue weighted by Crippen LogP contribution is 2.19. The van der Waals surface area contributed by atoms with Crippen LogP contribution in [0.2, 0.25) is 0 Å². The Morgan fingerprint density at radius 2 is 1.78 bits per heavy atom. The first-order valence-corrected chi connectivity index (χ1v) is 9.26. The van der Waals surface area contributed by atoms with Crippen LogP contribution in [0.5, 0.6) is 5.75 Å². The number of amides is 1. The molecule has 0 aliphatic rings. The van der Waals surface area contributed by atoms with Gasteiger partial charge in [-0.25, -0.2) is 0 Å². The van der Waals surface area contributed by atoms with Gasteiger partial charge in [-0.2, -0.15) is 0 Å². The Labute approximate surface area is 166 Å². The molecule has 142 valence electrons. The molecule has 0 aliphatic carbocycles. The zero-order valence-electron chi connectivity index (χ0n) is 15.9. The molecule has 0 atom stereocenters. The first-order chi connectivity index (χ1) is 13.1. The zero-order chi connectivity index (χ0) is 19.6. The third-order valence-corrected chi connectivity index (χ3v) is 4.25. The molecule has 0 fully saturated rings. The van der Waals surface area contributed by atoms with Gasteiger partial charge in [-0.3, -0.25) is 10.1 Å². The number of nitrogens with zero attached hydrogens (tertiary/aromatic N) is 1. The van der Waals surface area contributed by atoms with Crippen LogP contribution in [0.1, 0.15) is 19.4 Å². The lowest BCUT2D eigenvalue weighted by Crippen LogP contribution is -2.32. The highest BCUT2D eigenvalue weighted by Gasteiger charge is 2.05. The second-order valence-electron chi connectivity index (χ2n) is 5.74. The van der Waals surface area contributed by atoms with E-state index in [2.05, 4.69) is 29.4 Å². The smallest absolute Gasteiger partial charge is 0.250 e. The summed E-state index contributed by atoms with van der Waals surface area (Å²) in [6.07, 6.45) is 3.12. The maximum Gasteiger partial charge on any atom is 0.250 e. The van der Waals surface area contributed by atoms with Crippen LogP contribution in [0, 0.1) is 0 Å². The molecule has 0 saturated heterocycles. The number of hydrogen-bond donors (Lipinski definition) is 2. The Hall–Kier alpha value is -2.86. The summed E-state index contributed by atoms with van der Waals surface area (Å²) in [5.41, 5.74) is 2.80. The summed E-state index contributed by atoms with van der Waals surface area (Å²) in [6, 6.07) is 15.4. The molecule has 0 bridgehead atoms. The Bertz CT molecular complexity index is 799. The second kappa shape index (κ2) is 10.3. The molecular weight excluding hydrogens is 358 g/mol. The number of benzene rings is 2. The van der Waals surface area contributed by atoms with E-state index in [4.69, 9.17) is 17.0 Å². The molecular formula is C21H25N3O2S. The molecule has 2 N–H and O–H groups in total. The molecule has 2 aromatic carbocycles. The summed E-state index contributed by atoms with van der Waals surface area (Å²) in [7, 11) is 1.59. The molecule has 0 aliphatic heterocycles. The van der Waals surface area contributed by atoms with Gasteiger partial charge in [-0.1, -0.05) is 18.2 Å². The third-order valence-electron chi connectivity index (χ3n) is 4.04. The normalized spacial score (nSPS) is 10.5. The minimum absolute atomic E-state index is 0.250. The minimum Gasteiger partial charge on any atom is -0.496 e. The van der Waals surface area contributed by atoms with Gasteiger partial charge in [0.2, 0.25) is 5.91 Å². The molecule has 0 heterocycles. The molecule has 0 spiro atoms. The van der Waals surface area contributed by atoms with Gasteiger partial charge in [0.1, 0.15) is 5.75 Å². The van der Waals surface area contributed by atoms with E-state index in [1.807, 2.05) is 48.5 Å². The van der Waals surface area contributed by atoms with Gasteiger partial charge in [-0.05, 0) is 62.5 Å². The van der Waals surface area contributed by atoms with Crippen LogP contribution in [-0.4, -0.2) is 31.2 Å². The average Bonchev–Trinajstić information content (AvgIpc) is 2.68. The van der Waals surface area contributed by atoms with Crippen LogP contribution >= 0.6 is 12.2 Å². The number of para-hydroxylation sites is 1. The molecule has 2 rings (SSSR count). The first-order valence-electron chi connectivity index (χ1n) is 8.85. The summed E-state index contributed by atoms with van der Waals surface area (Å²) in [4.78, 5) is 14.3. The molecule has 0 radical (unpaired) electrons. The molecule has 0 unspecified atom stereocenters. The molecule has 27 heavy (non-hydrogen) atoms. The number of ether oxygens (including phenoxy) is 1. The Balaban J connectivity index is 1.91. The summed E-state index contributed by atoms with van der Waals surface area (Å²) >= 11 is 5.21. The van der Waals surface area contributed by atoms with E-state index in [1.54, 1.807) is 13.2 Å². The molecule has 1 amide bonds. The molecule has 2 aromatic rings. The van der Waals surface area contributed by atoms with E-state index in [9.17, 15) is 4.79 Å². The van der Waals surface area contributed by atoms with Gasteiger partial charge in [-0.15, -0.1) is 0 Å². The van der Waals surface area contributed by atoms with Crippen molar-refractivity contribution in [2.24, 2.45) is 0 Å². The predicted molar refractivity (Wildman–Crippen MR) is 116 cm³/mol. The van der Waals surface area contributed by atoms with Crippen LogP contribution in [0.4, 0.5) is 11.4 Å². The lowest BCUT2D eigenvalue weighted by atomic mass is 10.2. The molecule has 5 nitrogen and oxygen atoms in total.